The molecule has 3 heterocycles. The van der Waals surface area contributed by atoms with E-state index in [-0.39, 0.29) is 30.0 Å². The number of imide groups is 1. The number of imidazole rings is 1. The van der Waals surface area contributed by atoms with Crippen molar-refractivity contribution in [1.29, 1.82) is 0 Å². The second-order valence-electron chi connectivity index (χ2n) is 10.9. The Kier molecular flexibility index (Phi) is 7.48. The van der Waals surface area contributed by atoms with Gasteiger partial charge in [-0.15, -0.1) is 0 Å². The summed E-state index contributed by atoms with van der Waals surface area (Å²) < 4.78 is 3.10. The maximum atomic E-state index is 13.0. The molecule has 1 aromatic heterocycles. The first kappa shape index (κ1) is 25.7. The Hall–Kier alpha value is -2.98. The number of hydrogen-bond donors (Lipinski definition) is 2. The lowest BCUT2D eigenvalue weighted by Crippen LogP contribution is -2.51. The molecule has 3 aliphatic rings. The molecule has 1 saturated carbocycles. The normalized spacial score (nSPS) is 25.5. The van der Waals surface area contributed by atoms with Crippen LogP contribution in [-0.2, 0) is 27.9 Å². The highest BCUT2D eigenvalue weighted by molar-refractivity contribution is 6.00. The minimum Gasteiger partial charge on any atom is -0.340 e. The summed E-state index contributed by atoms with van der Waals surface area (Å²) in [5.74, 6) is -0.240. The summed E-state index contributed by atoms with van der Waals surface area (Å²) >= 11 is 0. The van der Waals surface area contributed by atoms with Crippen molar-refractivity contribution >= 4 is 28.8 Å². The number of hydrogen-bond acceptors (Lipinski definition) is 6. The van der Waals surface area contributed by atoms with Gasteiger partial charge < -0.3 is 10.6 Å². The molecule has 1 atom stereocenters. The highest BCUT2D eigenvalue weighted by Gasteiger charge is 2.32. The van der Waals surface area contributed by atoms with E-state index in [4.69, 9.17) is 5.73 Å². The summed E-state index contributed by atoms with van der Waals surface area (Å²) in [6, 6.07) is 5.57. The standard InChI is InChI=1S/C27H38N6O4/c1-30-23-17-18(4-9-21(23)33(27(30)37)22-10-11-24(34)29-25(22)35)3-2-12-31-13-15-32(16-14-31)26(36)19-5-7-20(28)8-6-19/h4,9,17,19-20,22H,2-3,5-8,10-16,28H2,1H3,(H,29,34,35). The van der Waals surface area contributed by atoms with E-state index < -0.39 is 11.9 Å². The number of benzene rings is 1. The third-order valence-electron chi connectivity index (χ3n) is 8.42. The Labute approximate surface area is 216 Å². The van der Waals surface area contributed by atoms with Crippen molar-refractivity contribution in [2.75, 3.05) is 32.7 Å². The average molecular weight is 511 g/mol. The van der Waals surface area contributed by atoms with Crippen LogP contribution in [0.1, 0.15) is 56.6 Å². The fraction of sp³-hybridized carbons (Fsp3) is 0.630. The summed E-state index contributed by atoms with van der Waals surface area (Å²) in [7, 11) is 1.72. The number of amides is 3. The predicted molar refractivity (Wildman–Crippen MR) is 140 cm³/mol. The van der Waals surface area contributed by atoms with E-state index in [9.17, 15) is 19.2 Å². The van der Waals surface area contributed by atoms with Crippen molar-refractivity contribution < 1.29 is 14.4 Å². The Morgan fingerprint density at radius 2 is 1.73 bits per heavy atom. The van der Waals surface area contributed by atoms with Crippen LogP contribution in [0.5, 0.6) is 0 Å². The van der Waals surface area contributed by atoms with Crippen LogP contribution < -0.4 is 16.7 Å². The van der Waals surface area contributed by atoms with Crippen LogP contribution in [-0.4, -0.2) is 75.4 Å². The summed E-state index contributed by atoms with van der Waals surface area (Å²) in [5, 5.41) is 2.35. The topological polar surface area (TPSA) is 123 Å². The van der Waals surface area contributed by atoms with E-state index in [1.807, 2.05) is 23.1 Å². The largest absolute Gasteiger partial charge is 0.340 e. The fourth-order valence-electron chi connectivity index (χ4n) is 6.12. The van der Waals surface area contributed by atoms with Gasteiger partial charge in [-0.25, -0.2) is 4.79 Å². The van der Waals surface area contributed by atoms with E-state index >= 15 is 0 Å². The molecule has 2 aliphatic heterocycles. The number of nitrogens with zero attached hydrogens (tertiary/aromatic N) is 4. The number of piperidine rings is 1. The molecule has 3 fully saturated rings. The van der Waals surface area contributed by atoms with Crippen LogP contribution in [0.2, 0.25) is 0 Å². The molecule has 1 aliphatic carbocycles. The van der Waals surface area contributed by atoms with Gasteiger partial charge in [0.25, 0.3) is 0 Å². The minimum absolute atomic E-state index is 0.155. The first-order chi connectivity index (χ1) is 17.8. The Morgan fingerprint density at radius 3 is 2.43 bits per heavy atom. The molecule has 3 amide bonds. The Balaban J connectivity index is 1.15. The lowest BCUT2D eigenvalue weighted by atomic mass is 9.85. The van der Waals surface area contributed by atoms with E-state index in [0.29, 0.717) is 17.8 Å². The van der Waals surface area contributed by atoms with Gasteiger partial charge in [-0.05, 0) is 69.2 Å². The summed E-state index contributed by atoms with van der Waals surface area (Å²) in [6.07, 6.45) is 6.20. The fourth-order valence-corrected chi connectivity index (χ4v) is 6.12. The van der Waals surface area contributed by atoms with Crippen molar-refractivity contribution in [3.05, 3.63) is 34.2 Å². The second kappa shape index (κ2) is 10.8. The number of aromatic nitrogens is 2. The molecular weight excluding hydrogens is 472 g/mol. The zero-order valence-corrected chi connectivity index (χ0v) is 21.7. The van der Waals surface area contributed by atoms with Crippen molar-refractivity contribution in [1.82, 2.24) is 24.3 Å². The minimum atomic E-state index is -0.666. The van der Waals surface area contributed by atoms with Gasteiger partial charge in [0.15, 0.2) is 0 Å². The van der Waals surface area contributed by atoms with Crippen LogP contribution in [0.3, 0.4) is 0 Å². The number of carbonyl (C=O) groups is 3. The molecule has 1 unspecified atom stereocenters. The SMILES string of the molecule is Cn1c(=O)n(C2CCC(=O)NC2=O)c2ccc(CCCN3CCN(C(=O)C4CCC(N)CC4)CC3)cc21. The van der Waals surface area contributed by atoms with Crippen molar-refractivity contribution in [2.45, 2.75) is 63.5 Å². The third-order valence-corrected chi connectivity index (χ3v) is 8.42. The summed E-state index contributed by atoms with van der Waals surface area (Å²) in [6.45, 7) is 4.36. The van der Waals surface area contributed by atoms with Gasteiger partial charge in [0.05, 0.1) is 11.0 Å². The van der Waals surface area contributed by atoms with Crippen LogP contribution in [0, 0.1) is 5.92 Å². The average Bonchev–Trinajstić information content (AvgIpc) is 3.14. The molecule has 1 aromatic carbocycles. The Bertz CT molecular complexity index is 1230. The highest BCUT2D eigenvalue weighted by Crippen LogP contribution is 2.26. The van der Waals surface area contributed by atoms with Crippen molar-refractivity contribution in [3.63, 3.8) is 0 Å². The number of aryl methyl sites for hydroxylation is 2. The van der Waals surface area contributed by atoms with Crippen molar-refractivity contribution in [3.8, 4) is 0 Å². The quantitative estimate of drug-likeness (QED) is 0.557. The van der Waals surface area contributed by atoms with Gasteiger partial charge in [0.2, 0.25) is 17.7 Å². The van der Waals surface area contributed by atoms with Gasteiger partial charge in [-0.3, -0.25) is 33.7 Å². The van der Waals surface area contributed by atoms with E-state index in [1.54, 1.807) is 11.6 Å². The molecule has 2 aromatic rings. The zero-order valence-electron chi connectivity index (χ0n) is 21.7. The molecule has 2 saturated heterocycles. The van der Waals surface area contributed by atoms with Gasteiger partial charge >= 0.3 is 5.69 Å². The van der Waals surface area contributed by atoms with Crippen LogP contribution in [0.15, 0.2) is 23.0 Å². The molecule has 3 N–H and O–H groups in total. The molecule has 10 nitrogen and oxygen atoms in total. The van der Waals surface area contributed by atoms with Gasteiger partial charge in [-0.1, -0.05) is 6.07 Å². The summed E-state index contributed by atoms with van der Waals surface area (Å²) in [4.78, 5) is 54.2. The molecule has 200 valence electrons. The maximum absolute atomic E-state index is 13.0. The maximum Gasteiger partial charge on any atom is 0.329 e. The predicted octanol–water partition coefficient (Wildman–Crippen LogP) is 0.912. The molecule has 0 spiro atoms. The van der Waals surface area contributed by atoms with E-state index in [0.717, 1.165) is 82.3 Å². The van der Waals surface area contributed by atoms with Crippen LogP contribution >= 0.6 is 0 Å². The zero-order chi connectivity index (χ0) is 26.1. The number of rotatable bonds is 6. The number of piperazine rings is 1. The third kappa shape index (κ3) is 5.36. The molecule has 10 heteroatoms. The second-order valence-corrected chi connectivity index (χ2v) is 10.9. The molecular formula is C27H38N6O4. The van der Waals surface area contributed by atoms with Crippen molar-refractivity contribution in [2.24, 2.45) is 18.7 Å². The highest BCUT2D eigenvalue weighted by atomic mass is 16.2. The lowest BCUT2D eigenvalue weighted by Gasteiger charge is -2.37. The number of carbonyl (C=O) groups excluding carboxylic acids is 3. The smallest absolute Gasteiger partial charge is 0.329 e. The molecule has 0 bridgehead atoms. The number of nitrogens with two attached hydrogens (primary N) is 1. The summed E-state index contributed by atoms with van der Waals surface area (Å²) in [5.41, 5.74) is 8.40. The van der Waals surface area contributed by atoms with Crippen LogP contribution in [0.25, 0.3) is 11.0 Å². The van der Waals surface area contributed by atoms with E-state index in [1.165, 1.54) is 4.57 Å². The monoisotopic (exact) mass is 510 g/mol. The van der Waals surface area contributed by atoms with Gasteiger partial charge in [0.1, 0.15) is 6.04 Å². The molecule has 5 rings (SSSR count). The molecule has 37 heavy (non-hydrogen) atoms. The van der Waals surface area contributed by atoms with Crippen LogP contribution in [0.4, 0.5) is 0 Å². The molecule has 0 radical (unpaired) electrons. The Morgan fingerprint density at radius 1 is 1.00 bits per heavy atom. The first-order valence-electron chi connectivity index (χ1n) is 13.6. The van der Waals surface area contributed by atoms with E-state index in [2.05, 4.69) is 10.2 Å². The van der Waals surface area contributed by atoms with Gasteiger partial charge in [0, 0.05) is 51.6 Å². The number of nitrogens with one attached hydrogen (secondary N) is 1. The first-order valence-corrected chi connectivity index (χ1v) is 13.6. The number of fused-ring (bicyclic) bond motifs is 1. The lowest BCUT2D eigenvalue weighted by molar-refractivity contribution is -0.138. The van der Waals surface area contributed by atoms with Gasteiger partial charge in [-0.2, -0.15) is 0 Å².